The number of hydrogen-bond acceptors (Lipinski definition) is 13. The van der Waals surface area contributed by atoms with Crippen molar-refractivity contribution in [3.63, 3.8) is 0 Å². The van der Waals surface area contributed by atoms with Gasteiger partial charge in [-0.25, -0.2) is 13.2 Å². The molecular formula is C28H33N3O11S. The zero-order valence-corrected chi connectivity index (χ0v) is 24.6. The number of carbonyl (C=O) groups is 2. The molecule has 1 saturated heterocycles. The lowest BCUT2D eigenvalue weighted by atomic mass is 9.72. The lowest BCUT2D eigenvalue weighted by Gasteiger charge is -2.42. The molecule has 0 amide bonds. The van der Waals surface area contributed by atoms with E-state index in [9.17, 15) is 38.4 Å². The summed E-state index contributed by atoms with van der Waals surface area (Å²) in [5.74, 6) is -2.71. The lowest BCUT2D eigenvalue weighted by Crippen LogP contribution is -2.52. The van der Waals surface area contributed by atoms with Crippen molar-refractivity contribution in [3.8, 4) is 17.2 Å². The maximum Gasteiger partial charge on any atom is 0.244 e. The van der Waals surface area contributed by atoms with Crippen LogP contribution in [0.2, 0.25) is 0 Å². The molecule has 0 spiro atoms. The third-order valence-electron chi connectivity index (χ3n) is 8.20. The molecule has 1 aliphatic heterocycles. The Balaban J connectivity index is 1.69. The molecule has 6 atom stereocenters. The number of fused-ring (bicyclic) bond motifs is 3. The predicted octanol–water partition coefficient (Wildman–Crippen LogP) is 0.365. The van der Waals surface area contributed by atoms with Gasteiger partial charge < -0.3 is 40.4 Å². The number of hydrazone groups is 1. The third-order valence-corrected chi connectivity index (χ3v) is 8.62. The maximum absolute atomic E-state index is 13.8. The van der Waals surface area contributed by atoms with Crippen LogP contribution in [0, 0.1) is 0 Å². The molecule has 1 heterocycles. The Hall–Kier alpha value is -3.60. The number of phenols is 2. The van der Waals surface area contributed by atoms with Crippen molar-refractivity contribution < 1.29 is 52.6 Å². The summed E-state index contributed by atoms with van der Waals surface area (Å²) >= 11 is 0. The van der Waals surface area contributed by atoms with Gasteiger partial charge in [0.25, 0.3) is 0 Å². The molecule has 3 aliphatic rings. The number of methoxy groups -OCH3 is 1. The highest BCUT2D eigenvalue weighted by molar-refractivity contribution is 7.88. The zero-order chi connectivity index (χ0) is 31.6. The number of nitrogens with zero attached hydrogens (tertiary/aromatic N) is 1. The van der Waals surface area contributed by atoms with E-state index in [1.165, 1.54) is 32.2 Å². The molecular weight excluding hydrogens is 586 g/mol. The average molecular weight is 620 g/mol. The smallest absolute Gasteiger partial charge is 0.244 e. The largest absolute Gasteiger partial charge is 0.507 e. The Bertz CT molecular complexity index is 1650. The van der Waals surface area contributed by atoms with Crippen LogP contribution in [-0.2, 0) is 25.9 Å². The Morgan fingerprint density at radius 2 is 1.84 bits per heavy atom. The predicted molar refractivity (Wildman–Crippen MR) is 151 cm³/mol. The van der Waals surface area contributed by atoms with Gasteiger partial charge in [-0.2, -0.15) is 5.10 Å². The number of aromatic hydroxyl groups is 2. The SMILES string of the molecule is COc1cccc2c1C(=O)c1c(O)c3c(c(O)c1C2=O)C[C@@](O)(/C(C)=N/NS(C)(=O)=O)C[C@@H]3OC1CC(N)C(O)C(C)O1. The minimum atomic E-state index is -3.79. The second kappa shape index (κ2) is 10.8. The first-order valence-electron chi connectivity index (χ1n) is 13.4. The number of nitrogens with one attached hydrogen (secondary N) is 1. The topological polar surface area (TPSA) is 227 Å². The number of benzene rings is 2. The first-order chi connectivity index (χ1) is 20.1. The number of sulfonamides is 1. The first kappa shape index (κ1) is 30.8. The fraction of sp³-hybridized carbons (Fsp3) is 0.464. The number of nitrogens with two attached hydrogens (primary N) is 1. The minimum Gasteiger partial charge on any atom is -0.507 e. The lowest BCUT2D eigenvalue weighted by molar-refractivity contribution is -0.245. The number of aliphatic hydroxyl groups is 2. The van der Waals surface area contributed by atoms with Gasteiger partial charge in [0.15, 0.2) is 12.1 Å². The number of phenolic OH excluding ortho intramolecular Hbond substituents is 2. The van der Waals surface area contributed by atoms with E-state index in [1.807, 2.05) is 4.83 Å². The van der Waals surface area contributed by atoms with E-state index in [-0.39, 0.29) is 46.6 Å². The number of ether oxygens (including phenoxy) is 3. The average Bonchev–Trinajstić information content (AvgIpc) is 2.94. The summed E-state index contributed by atoms with van der Waals surface area (Å²) in [6.07, 6.45) is -3.89. The van der Waals surface area contributed by atoms with Gasteiger partial charge >= 0.3 is 0 Å². The molecule has 2 aromatic carbocycles. The highest BCUT2D eigenvalue weighted by atomic mass is 32.2. The molecule has 4 unspecified atom stereocenters. The van der Waals surface area contributed by atoms with Crippen molar-refractivity contribution in [2.45, 2.75) is 69.4 Å². The van der Waals surface area contributed by atoms with Crippen molar-refractivity contribution in [3.05, 3.63) is 51.6 Å². The summed E-state index contributed by atoms with van der Waals surface area (Å²) in [6.45, 7) is 2.95. The van der Waals surface area contributed by atoms with Crippen LogP contribution in [0.1, 0.15) is 75.8 Å². The van der Waals surface area contributed by atoms with Crippen LogP contribution in [0.3, 0.4) is 0 Å². The molecule has 0 saturated carbocycles. The van der Waals surface area contributed by atoms with Gasteiger partial charge in [-0.15, -0.1) is 0 Å². The van der Waals surface area contributed by atoms with Gasteiger partial charge in [-0.05, 0) is 19.9 Å². The minimum absolute atomic E-state index is 0.0259. The molecule has 0 radical (unpaired) electrons. The van der Waals surface area contributed by atoms with E-state index in [2.05, 4.69) is 5.10 Å². The van der Waals surface area contributed by atoms with E-state index in [0.717, 1.165) is 6.26 Å². The van der Waals surface area contributed by atoms with E-state index in [0.29, 0.717) is 0 Å². The second-order valence-electron chi connectivity index (χ2n) is 11.1. The van der Waals surface area contributed by atoms with E-state index in [4.69, 9.17) is 19.9 Å². The van der Waals surface area contributed by atoms with Crippen LogP contribution in [0.4, 0.5) is 0 Å². The molecule has 0 bridgehead atoms. The Labute approximate surface area is 247 Å². The summed E-state index contributed by atoms with van der Waals surface area (Å²) in [6, 6.07) is 3.66. The van der Waals surface area contributed by atoms with Gasteiger partial charge in [-0.3, -0.25) is 9.59 Å². The maximum atomic E-state index is 13.8. The number of ketones is 2. The molecule has 14 nitrogen and oxygen atoms in total. The molecule has 43 heavy (non-hydrogen) atoms. The summed E-state index contributed by atoms with van der Waals surface area (Å²) < 4.78 is 40.6. The Kier molecular flexibility index (Phi) is 7.77. The molecule has 15 heteroatoms. The van der Waals surface area contributed by atoms with E-state index < -0.39 is 86.9 Å². The highest BCUT2D eigenvalue weighted by Gasteiger charge is 2.49. The van der Waals surface area contributed by atoms with Crippen LogP contribution in [0.5, 0.6) is 17.2 Å². The number of rotatable bonds is 6. The summed E-state index contributed by atoms with van der Waals surface area (Å²) in [5, 5.41) is 49.0. The van der Waals surface area contributed by atoms with Gasteiger partial charge in [0, 0.05) is 42.0 Å². The molecule has 2 aromatic rings. The van der Waals surface area contributed by atoms with E-state index in [1.54, 1.807) is 6.92 Å². The van der Waals surface area contributed by atoms with Gasteiger partial charge in [0.05, 0.1) is 54.1 Å². The van der Waals surface area contributed by atoms with Crippen molar-refractivity contribution in [2.75, 3.05) is 13.4 Å². The molecule has 5 rings (SSSR count). The fourth-order valence-electron chi connectivity index (χ4n) is 5.92. The highest BCUT2D eigenvalue weighted by Crippen LogP contribution is 2.52. The molecule has 0 aromatic heterocycles. The Morgan fingerprint density at radius 1 is 1.16 bits per heavy atom. The van der Waals surface area contributed by atoms with E-state index >= 15 is 0 Å². The quantitative estimate of drug-likeness (QED) is 0.125. The standard InChI is InChI=1S/C28H33N3O11S/c1-11-23(32)15(29)8-18(41-11)42-17-10-28(37,12(2)30-31-43(4,38)39)9-14-20(17)27(36)22-21(25(14)34)24(33)13-6-5-7-16(40-3)19(13)26(22)35/h5-7,11,15,17-18,23,31-32,34,36-37H,8-10,29H2,1-4H3/b30-12+/t11?,15?,17-,18?,23?,28-/m0/s1. The zero-order valence-electron chi connectivity index (χ0n) is 23.8. The fourth-order valence-corrected chi connectivity index (χ4v) is 6.22. The van der Waals surface area contributed by atoms with Crippen LogP contribution in [0.15, 0.2) is 23.3 Å². The van der Waals surface area contributed by atoms with Crippen LogP contribution in [-0.4, -0.2) is 89.6 Å². The number of aliphatic hydroxyl groups excluding tert-OH is 1. The Morgan fingerprint density at radius 3 is 2.47 bits per heavy atom. The summed E-state index contributed by atoms with van der Waals surface area (Å²) in [7, 11) is -2.47. The molecule has 7 N–H and O–H groups in total. The van der Waals surface area contributed by atoms with Crippen molar-refractivity contribution >= 4 is 27.3 Å². The van der Waals surface area contributed by atoms with Crippen molar-refractivity contribution in [1.29, 1.82) is 0 Å². The first-order valence-corrected chi connectivity index (χ1v) is 15.3. The summed E-state index contributed by atoms with van der Waals surface area (Å²) in [4.78, 5) is 29.4. The number of hydrogen-bond donors (Lipinski definition) is 6. The second-order valence-corrected chi connectivity index (χ2v) is 12.9. The van der Waals surface area contributed by atoms with Gasteiger partial charge in [0.1, 0.15) is 22.8 Å². The van der Waals surface area contributed by atoms with Gasteiger partial charge in [0.2, 0.25) is 15.8 Å². The summed E-state index contributed by atoms with van der Waals surface area (Å²) in [5.41, 5.74) is 2.79. The number of carbonyl (C=O) groups excluding carboxylic acids is 2. The third kappa shape index (κ3) is 5.25. The molecule has 1 fully saturated rings. The van der Waals surface area contributed by atoms with Crippen LogP contribution in [0.25, 0.3) is 0 Å². The van der Waals surface area contributed by atoms with Crippen LogP contribution < -0.4 is 15.3 Å². The van der Waals surface area contributed by atoms with Gasteiger partial charge in [-0.1, -0.05) is 12.1 Å². The molecule has 2 aliphatic carbocycles. The monoisotopic (exact) mass is 619 g/mol. The molecule has 232 valence electrons. The van der Waals surface area contributed by atoms with Crippen LogP contribution >= 0.6 is 0 Å². The normalized spacial score (nSPS) is 29.0. The van der Waals surface area contributed by atoms with Crippen molar-refractivity contribution in [2.24, 2.45) is 10.8 Å². The van der Waals surface area contributed by atoms with Crippen molar-refractivity contribution in [1.82, 2.24) is 4.83 Å².